The lowest BCUT2D eigenvalue weighted by Crippen LogP contribution is -2.05. The van der Waals surface area contributed by atoms with Crippen LogP contribution in [0, 0.1) is 17.6 Å². The molecule has 2 heteroatoms. The minimum absolute atomic E-state index is 0.264. The van der Waals surface area contributed by atoms with Gasteiger partial charge in [-0.1, -0.05) is 63.9 Å². The molecule has 0 radical (unpaired) electrons. The van der Waals surface area contributed by atoms with Gasteiger partial charge in [-0.3, -0.25) is 0 Å². The Morgan fingerprint density at radius 2 is 1.50 bits per heavy atom. The highest BCUT2D eigenvalue weighted by Gasteiger charge is 2.12. The summed E-state index contributed by atoms with van der Waals surface area (Å²) in [5.41, 5.74) is 0.264. The molecule has 0 heterocycles. The van der Waals surface area contributed by atoms with E-state index in [1.807, 2.05) is 0 Å². The van der Waals surface area contributed by atoms with Gasteiger partial charge in [-0.05, 0) is 30.9 Å². The first-order chi connectivity index (χ1) is 9.77. The zero-order valence-corrected chi connectivity index (χ0v) is 12.3. The van der Waals surface area contributed by atoms with Crippen molar-refractivity contribution in [3.8, 4) is 0 Å². The van der Waals surface area contributed by atoms with E-state index >= 15 is 0 Å². The SMILES string of the molecule is Fc1cccc(F)c1CCCCCCC1CCCCC1. The van der Waals surface area contributed by atoms with Gasteiger partial charge in [0.05, 0.1) is 0 Å². The van der Waals surface area contributed by atoms with E-state index < -0.39 is 11.6 Å². The average molecular weight is 280 g/mol. The fourth-order valence-electron chi connectivity index (χ4n) is 3.34. The molecule has 0 unspecified atom stereocenters. The van der Waals surface area contributed by atoms with Crippen LogP contribution < -0.4 is 0 Å². The molecule has 1 saturated carbocycles. The van der Waals surface area contributed by atoms with Crippen molar-refractivity contribution in [2.24, 2.45) is 5.92 Å². The molecular weight excluding hydrogens is 254 g/mol. The molecule has 0 N–H and O–H groups in total. The third kappa shape index (κ3) is 4.88. The van der Waals surface area contributed by atoms with Gasteiger partial charge in [0.15, 0.2) is 0 Å². The van der Waals surface area contributed by atoms with Gasteiger partial charge in [0, 0.05) is 5.56 Å². The predicted octanol–water partition coefficient (Wildman–Crippen LogP) is 6.04. The Labute approximate surface area is 121 Å². The van der Waals surface area contributed by atoms with Gasteiger partial charge in [-0.25, -0.2) is 8.78 Å². The van der Waals surface area contributed by atoms with Crippen LogP contribution in [0.2, 0.25) is 0 Å². The Balaban J connectivity index is 1.57. The van der Waals surface area contributed by atoms with Gasteiger partial charge in [0.2, 0.25) is 0 Å². The molecule has 1 aliphatic rings. The molecule has 1 aliphatic carbocycles. The number of halogens is 2. The molecule has 0 amide bonds. The van der Waals surface area contributed by atoms with Crippen molar-refractivity contribution in [2.75, 3.05) is 0 Å². The van der Waals surface area contributed by atoms with Crippen LogP contribution in [0.5, 0.6) is 0 Å². The second-order valence-electron chi connectivity index (χ2n) is 6.16. The molecule has 0 atom stereocenters. The first kappa shape index (κ1) is 15.5. The molecule has 0 nitrogen and oxygen atoms in total. The van der Waals surface area contributed by atoms with Crippen LogP contribution in [0.15, 0.2) is 18.2 Å². The van der Waals surface area contributed by atoms with E-state index in [0.29, 0.717) is 6.42 Å². The Bertz CT molecular complexity index is 374. The average Bonchev–Trinajstić information content (AvgIpc) is 2.46. The van der Waals surface area contributed by atoms with Gasteiger partial charge < -0.3 is 0 Å². The van der Waals surface area contributed by atoms with E-state index in [-0.39, 0.29) is 5.56 Å². The summed E-state index contributed by atoms with van der Waals surface area (Å²) in [5.74, 6) is 0.159. The minimum Gasteiger partial charge on any atom is -0.207 e. The van der Waals surface area contributed by atoms with Gasteiger partial charge in [-0.2, -0.15) is 0 Å². The van der Waals surface area contributed by atoms with E-state index in [0.717, 1.165) is 18.8 Å². The van der Waals surface area contributed by atoms with E-state index in [9.17, 15) is 8.78 Å². The summed E-state index contributed by atoms with van der Waals surface area (Å²) in [6, 6.07) is 4.13. The molecule has 0 aliphatic heterocycles. The highest BCUT2D eigenvalue weighted by atomic mass is 19.1. The summed E-state index contributed by atoms with van der Waals surface area (Å²) in [6.07, 6.45) is 13.4. The minimum atomic E-state index is -0.396. The zero-order valence-electron chi connectivity index (χ0n) is 12.3. The van der Waals surface area contributed by atoms with Gasteiger partial charge in [-0.15, -0.1) is 0 Å². The summed E-state index contributed by atoms with van der Waals surface area (Å²) in [7, 11) is 0. The topological polar surface area (TPSA) is 0 Å². The maximum absolute atomic E-state index is 13.4. The first-order valence-corrected chi connectivity index (χ1v) is 8.20. The van der Waals surface area contributed by atoms with Crippen molar-refractivity contribution < 1.29 is 8.78 Å². The number of benzene rings is 1. The Kier molecular flexibility index (Phi) is 6.49. The van der Waals surface area contributed by atoms with Crippen molar-refractivity contribution in [3.63, 3.8) is 0 Å². The van der Waals surface area contributed by atoms with Crippen LogP contribution >= 0.6 is 0 Å². The summed E-state index contributed by atoms with van der Waals surface area (Å²) in [6.45, 7) is 0. The molecule has 0 aromatic heterocycles. The number of rotatable bonds is 7. The number of hydrogen-bond donors (Lipinski definition) is 0. The molecule has 1 fully saturated rings. The molecule has 112 valence electrons. The third-order valence-corrected chi connectivity index (χ3v) is 4.58. The van der Waals surface area contributed by atoms with Crippen LogP contribution in [-0.2, 0) is 6.42 Å². The zero-order chi connectivity index (χ0) is 14.2. The van der Waals surface area contributed by atoms with Gasteiger partial charge >= 0.3 is 0 Å². The lowest BCUT2D eigenvalue weighted by atomic mass is 9.85. The highest BCUT2D eigenvalue weighted by Crippen LogP contribution is 2.28. The molecule has 0 bridgehead atoms. The molecular formula is C18H26F2. The molecule has 1 aromatic rings. The van der Waals surface area contributed by atoms with E-state index in [1.54, 1.807) is 0 Å². The maximum Gasteiger partial charge on any atom is 0.129 e. The van der Waals surface area contributed by atoms with Crippen LogP contribution in [0.25, 0.3) is 0 Å². The number of hydrogen-bond acceptors (Lipinski definition) is 0. The maximum atomic E-state index is 13.4. The van der Waals surface area contributed by atoms with Crippen molar-refractivity contribution in [3.05, 3.63) is 35.4 Å². The predicted molar refractivity (Wildman–Crippen MR) is 79.7 cm³/mol. The molecule has 2 rings (SSSR count). The standard InChI is InChI=1S/C18H26F2/c19-17-13-8-14-18(20)16(17)12-7-2-1-4-9-15-10-5-3-6-11-15/h8,13-15H,1-7,9-12H2. The lowest BCUT2D eigenvalue weighted by Gasteiger charge is -2.21. The normalized spacial score (nSPS) is 16.5. The summed E-state index contributed by atoms with van der Waals surface area (Å²) >= 11 is 0. The summed E-state index contributed by atoms with van der Waals surface area (Å²) in [4.78, 5) is 0. The van der Waals surface area contributed by atoms with Crippen LogP contribution in [0.3, 0.4) is 0 Å². The van der Waals surface area contributed by atoms with Crippen LogP contribution in [0.1, 0.15) is 69.8 Å². The van der Waals surface area contributed by atoms with Crippen molar-refractivity contribution >= 4 is 0 Å². The van der Waals surface area contributed by atoms with Crippen LogP contribution in [0.4, 0.5) is 8.78 Å². The third-order valence-electron chi connectivity index (χ3n) is 4.58. The second kappa shape index (κ2) is 8.39. The molecule has 1 aromatic carbocycles. The number of unbranched alkanes of at least 4 members (excludes halogenated alkanes) is 3. The van der Waals surface area contributed by atoms with E-state index in [2.05, 4.69) is 0 Å². The van der Waals surface area contributed by atoms with Gasteiger partial charge in [0.1, 0.15) is 11.6 Å². The van der Waals surface area contributed by atoms with Crippen molar-refractivity contribution in [1.82, 2.24) is 0 Å². The summed E-state index contributed by atoms with van der Waals surface area (Å²) in [5, 5.41) is 0. The second-order valence-corrected chi connectivity index (χ2v) is 6.16. The van der Waals surface area contributed by atoms with E-state index in [1.165, 1.54) is 69.6 Å². The summed E-state index contributed by atoms with van der Waals surface area (Å²) < 4.78 is 26.9. The van der Waals surface area contributed by atoms with Crippen molar-refractivity contribution in [2.45, 2.75) is 70.6 Å². The lowest BCUT2D eigenvalue weighted by molar-refractivity contribution is 0.328. The Morgan fingerprint density at radius 1 is 0.850 bits per heavy atom. The molecule has 0 saturated heterocycles. The van der Waals surface area contributed by atoms with Gasteiger partial charge in [0.25, 0.3) is 0 Å². The highest BCUT2D eigenvalue weighted by molar-refractivity contribution is 5.19. The monoisotopic (exact) mass is 280 g/mol. The van der Waals surface area contributed by atoms with E-state index in [4.69, 9.17) is 0 Å². The Hall–Kier alpha value is -0.920. The first-order valence-electron chi connectivity index (χ1n) is 8.20. The Morgan fingerprint density at radius 3 is 2.20 bits per heavy atom. The largest absolute Gasteiger partial charge is 0.207 e. The van der Waals surface area contributed by atoms with Crippen LogP contribution in [-0.4, -0.2) is 0 Å². The smallest absolute Gasteiger partial charge is 0.129 e. The van der Waals surface area contributed by atoms with Crippen molar-refractivity contribution in [1.29, 1.82) is 0 Å². The quantitative estimate of drug-likeness (QED) is 0.534. The molecule has 20 heavy (non-hydrogen) atoms. The molecule has 0 spiro atoms. The fourth-order valence-corrected chi connectivity index (χ4v) is 3.34. The fraction of sp³-hybridized carbons (Fsp3) is 0.667.